The number of aromatic nitrogens is 2. The van der Waals surface area contributed by atoms with Crippen LogP contribution in [-0.2, 0) is 4.79 Å². The molecule has 0 bridgehead atoms. The first-order valence-corrected chi connectivity index (χ1v) is 9.75. The number of anilines is 1. The van der Waals surface area contributed by atoms with Crippen LogP contribution in [0, 0.1) is 15.6 Å². The molecule has 10 heteroatoms. The van der Waals surface area contributed by atoms with Gasteiger partial charge in [0.25, 0.3) is 0 Å². The molecule has 0 saturated heterocycles. The van der Waals surface area contributed by atoms with Crippen molar-refractivity contribution in [1.29, 1.82) is 0 Å². The third-order valence-electron chi connectivity index (χ3n) is 3.13. The Morgan fingerprint density at radius 2 is 1.92 bits per heavy atom. The van der Waals surface area contributed by atoms with Gasteiger partial charge in [-0.1, -0.05) is 34.7 Å². The summed E-state index contributed by atoms with van der Waals surface area (Å²) in [7, 11) is 0. The van der Waals surface area contributed by atoms with Gasteiger partial charge in [-0.15, -0.1) is 5.10 Å². The van der Waals surface area contributed by atoms with E-state index in [1.54, 1.807) is 12.1 Å². The lowest BCUT2D eigenvalue weighted by Gasteiger charge is -2.06. The zero-order chi connectivity index (χ0) is 18.7. The fourth-order valence-electron chi connectivity index (χ4n) is 1.97. The average molecular weight is 430 g/mol. The fourth-order valence-corrected chi connectivity index (χ4v) is 4.34. The second-order valence-electron chi connectivity index (χ2n) is 4.98. The molecule has 0 aliphatic rings. The summed E-state index contributed by atoms with van der Waals surface area (Å²) in [5.41, 5.74) is 0.977. The van der Waals surface area contributed by atoms with Gasteiger partial charge in [0.15, 0.2) is 8.29 Å². The molecule has 0 unspecified atom stereocenters. The van der Waals surface area contributed by atoms with Gasteiger partial charge >= 0.3 is 0 Å². The van der Waals surface area contributed by atoms with Crippen LogP contribution in [0.2, 0.25) is 5.02 Å². The molecule has 0 radical (unpaired) electrons. The summed E-state index contributed by atoms with van der Waals surface area (Å²) in [6, 6.07) is 9.52. The van der Waals surface area contributed by atoms with Crippen molar-refractivity contribution in [2.45, 2.75) is 4.34 Å². The predicted molar refractivity (Wildman–Crippen MR) is 103 cm³/mol. The highest BCUT2D eigenvalue weighted by Gasteiger charge is 2.11. The molecule has 26 heavy (non-hydrogen) atoms. The summed E-state index contributed by atoms with van der Waals surface area (Å²) in [6.07, 6.45) is 0. The Morgan fingerprint density at radius 1 is 1.23 bits per heavy atom. The first-order valence-electron chi connectivity index (χ1n) is 7.16. The first-order chi connectivity index (χ1) is 12.4. The molecule has 0 aliphatic carbocycles. The van der Waals surface area contributed by atoms with E-state index in [4.69, 9.17) is 23.8 Å². The number of amides is 1. The molecular formula is C16H10ClF2N3OS3. The molecule has 4 nitrogen and oxygen atoms in total. The van der Waals surface area contributed by atoms with E-state index in [1.807, 2.05) is 0 Å². The molecule has 1 aromatic heterocycles. The number of halogens is 3. The monoisotopic (exact) mass is 429 g/mol. The molecule has 134 valence electrons. The van der Waals surface area contributed by atoms with Gasteiger partial charge in [0.1, 0.15) is 11.6 Å². The summed E-state index contributed by atoms with van der Waals surface area (Å²) in [5, 5.41) is 7.07. The summed E-state index contributed by atoms with van der Waals surface area (Å²) in [6.45, 7) is 0. The van der Waals surface area contributed by atoms with Crippen LogP contribution in [0.15, 0.2) is 46.8 Å². The molecule has 0 fully saturated rings. The summed E-state index contributed by atoms with van der Waals surface area (Å²) < 4.78 is 28.6. The quantitative estimate of drug-likeness (QED) is 0.440. The van der Waals surface area contributed by atoms with Crippen LogP contribution < -0.4 is 5.32 Å². The zero-order valence-corrected chi connectivity index (χ0v) is 16.1. The second kappa shape index (κ2) is 8.26. The SMILES string of the molecule is O=C(CSc1nn(-c2ccc(F)cc2)c(=S)s1)Nc1ccc(F)cc1Cl. The molecule has 3 rings (SSSR count). The molecule has 0 atom stereocenters. The highest BCUT2D eigenvalue weighted by atomic mass is 35.5. The van der Waals surface area contributed by atoms with Gasteiger partial charge in [-0.3, -0.25) is 4.79 Å². The van der Waals surface area contributed by atoms with E-state index in [9.17, 15) is 13.6 Å². The molecule has 2 aromatic carbocycles. The Balaban J connectivity index is 1.64. The van der Waals surface area contributed by atoms with E-state index in [0.717, 1.165) is 6.07 Å². The van der Waals surface area contributed by atoms with Gasteiger partial charge in [0.2, 0.25) is 5.91 Å². The molecule has 1 N–H and O–H groups in total. The number of hydrogen-bond acceptors (Lipinski definition) is 5. The van der Waals surface area contributed by atoms with Gasteiger partial charge in [-0.25, -0.2) is 13.5 Å². The zero-order valence-electron chi connectivity index (χ0n) is 12.9. The Hall–Kier alpha value is -1.81. The van der Waals surface area contributed by atoms with Gasteiger partial charge in [0.05, 0.1) is 22.2 Å². The van der Waals surface area contributed by atoms with Crippen LogP contribution in [0.3, 0.4) is 0 Å². The molecule has 0 saturated carbocycles. The normalized spacial score (nSPS) is 10.7. The number of thioether (sulfide) groups is 1. The average Bonchev–Trinajstić information content (AvgIpc) is 2.97. The van der Waals surface area contributed by atoms with Crippen molar-refractivity contribution in [2.24, 2.45) is 0 Å². The minimum absolute atomic E-state index is 0.0827. The lowest BCUT2D eigenvalue weighted by Crippen LogP contribution is -2.14. The number of benzene rings is 2. The van der Waals surface area contributed by atoms with Crippen molar-refractivity contribution < 1.29 is 13.6 Å². The molecule has 1 heterocycles. The largest absolute Gasteiger partial charge is 0.324 e. The highest BCUT2D eigenvalue weighted by molar-refractivity contribution is 8.01. The molecule has 0 spiro atoms. The third kappa shape index (κ3) is 4.67. The van der Waals surface area contributed by atoms with Gasteiger partial charge in [-0.05, 0) is 54.7 Å². The van der Waals surface area contributed by atoms with Crippen molar-refractivity contribution >= 4 is 58.5 Å². The minimum Gasteiger partial charge on any atom is -0.324 e. The Bertz CT molecular complexity index is 1000. The fraction of sp³-hybridized carbons (Fsp3) is 0.0625. The Labute approximate surface area is 165 Å². The number of nitrogens with zero attached hydrogens (tertiary/aromatic N) is 2. The van der Waals surface area contributed by atoms with Crippen molar-refractivity contribution in [1.82, 2.24) is 9.78 Å². The Kier molecular flexibility index (Phi) is 6.02. The van der Waals surface area contributed by atoms with E-state index < -0.39 is 5.82 Å². The van der Waals surface area contributed by atoms with Crippen LogP contribution in [-0.4, -0.2) is 21.4 Å². The van der Waals surface area contributed by atoms with Crippen LogP contribution in [0.4, 0.5) is 14.5 Å². The Morgan fingerprint density at radius 3 is 2.62 bits per heavy atom. The van der Waals surface area contributed by atoms with E-state index in [-0.39, 0.29) is 22.5 Å². The summed E-state index contributed by atoms with van der Waals surface area (Å²) >= 11 is 13.6. The van der Waals surface area contributed by atoms with Crippen molar-refractivity contribution in [2.75, 3.05) is 11.1 Å². The van der Waals surface area contributed by atoms with Crippen LogP contribution in [0.1, 0.15) is 0 Å². The minimum atomic E-state index is -0.478. The topological polar surface area (TPSA) is 46.9 Å². The van der Waals surface area contributed by atoms with Crippen molar-refractivity contribution in [3.63, 3.8) is 0 Å². The number of carbonyl (C=O) groups excluding carboxylic acids is 1. The van der Waals surface area contributed by atoms with E-state index in [2.05, 4.69) is 10.4 Å². The van der Waals surface area contributed by atoms with E-state index in [1.165, 1.54) is 52.0 Å². The number of carbonyl (C=O) groups is 1. The highest BCUT2D eigenvalue weighted by Crippen LogP contribution is 2.26. The number of hydrogen-bond donors (Lipinski definition) is 1. The molecule has 0 aliphatic heterocycles. The summed E-state index contributed by atoms with van der Waals surface area (Å²) in [5.74, 6) is -1.05. The van der Waals surface area contributed by atoms with Gasteiger partial charge < -0.3 is 5.32 Å². The smallest absolute Gasteiger partial charge is 0.234 e. The van der Waals surface area contributed by atoms with E-state index in [0.29, 0.717) is 19.7 Å². The van der Waals surface area contributed by atoms with Crippen LogP contribution >= 0.6 is 46.9 Å². The lowest BCUT2D eigenvalue weighted by atomic mass is 10.3. The van der Waals surface area contributed by atoms with Crippen molar-refractivity contribution in [3.05, 3.63) is 63.1 Å². The van der Waals surface area contributed by atoms with Gasteiger partial charge in [0, 0.05) is 0 Å². The molecule has 3 aromatic rings. The second-order valence-corrected chi connectivity index (χ2v) is 8.24. The lowest BCUT2D eigenvalue weighted by molar-refractivity contribution is -0.113. The number of nitrogens with one attached hydrogen (secondary N) is 1. The van der Waals surface area contributed by atoms with Crippen LogP contribution in [0.25, 0.3) is 5.69 Å². The molecule has 1 amide bonds. The maximum atomic E-state index is 13.0. The predicted octanol–water partition coefficient (Wildman–Crippen LogP) is 5.33. The summed E-state index contributed by atoms with van der Waals surface area (Å²) in [4.78, 5) is 12.0. The first kappa shape index (κ1) is 19.0. The standard InChI is InChI=1S/C16H10ClF2N3OS3/c17-12-7-10(19)3-6-13(12)20-14(23)8-25-15-21-22(16(24)26-15)11-4-1-9(18)2-5-11/h1-7H,8H2,(H,20,23). The maximum absolute atomic E-state index is 13.0. The maximum Gasteiger partial charge on any atom is 0.234 e. The van der Waals surface area contributed by atoms with E-state index >= 15 is 0 Å². The van der Waals surface area contributed by atoms with Crippen molar-refractivity contribution in [3.8, 4) is 5.69 Å². The number of rotatable bonds is 5. The molecular weight excluding hydrogens is 420 g/mol. The van der Waals surface area contributed by atoms with Gasteiger partial charge in [-0.2, -0.15) is 0 Å². The third-order valence-corrected chi connectivity index (χ3v) is 5.81. The van der Waals surface area contributed by atoms with Crippen LogP contribution in [0.5, 0.6) is 0 Å².